The molecule has 2 saturated carbocycles. The third-order valence-corrected chi connectivity index (χ3v) is 3.11. The number of hydrogen-bond acceptors (Lipinski definition) is 0. The van der Waals surface area contributed by atoms with Crippen LogP contribution in [-0.4, -0.2) is 0 Å². The van der Waals surface area contributed by atoms with Gasteiger partial charge in [-0.05, 0) is 43.4 Å². The normalized spacial score (nSPS) is 42.3. The molecule has 2 bridgehead atoms. The molecule has 1 radical (unpaired) electrons. The molecule has 0 heterocycles. The zero-order valence-corrected chi connectivity index (χ0v) is 6.19. The highest BCUT2D eigenvalue weighted by atomic mass is 14.4. The Balaban J connectivity index is 2.01. The van der Waals surface area contributed by atoms with E-state index < -0.39 is 0 Å². The Bertz CT molecular complexity index is 107. The van der Waals surface area contributed by atoms with Crippen LogP contribution in [0.4, 0.5) is 0 Å². The Hall–Kier alpha value is 0. The van der Waals surface area contributed by atoms with Gasteiger partial charge in [0.25, 0.3) is 0 Å². The van der Waals surface area contributed by atoms with Crippen LogP contribution in [-0.2, 0) is 0 Å². The van der Waals surface area contributed by atoms with Gasteiger partial charge in [0.05, 0.1) is 0 Å². The van der Waals surface area contributed by atoms with Crippen molar-refractivity contribution in [3.05, 3.63) is 5.92 Å². The molecule has 2 aliphatic rings. The molecule has 9 heavy (non-hydrogen) atoms. The third kappa shape index (κ3) is 0.798. The van der Waals surface area contributed by atoms with Crippen LogP contribution in [0.2, 0.25) is 0 Å². The first-order chi connectivity index (χ1) is 4.40. The predicted molar refractivity (Wildman–Crippen MR) is 39.0 cm³/mol. The maximum Gasteiger partial charge on any atom is -0.0207 e. The summed E-state index contributed by atoms with van der Waals surface area (Å²) in [7, 11) is 0. The summed E-state index contributed by atoms with van der Waals surface area (Å²) in [4.78, 5) is 0. The van der Waals surface area contributed by atoms with Crippen LogP contribution >= 0.6 is 0 Å². The second-order valence-corrected chi connectivity index (χ2v) is 3.61. The van der Waals surface area contributed by atoms with E-state index in [1.165, 1.54) is 32.1 Å². The number of fused-ring (bicyclic) bond motifs is 2. The quantitative estimate of drug-likeness (QED) is 0.503. The van der Waals surface area contributed by atoms with Gasteiger partial charge in [0.2, 0.25) is 0 Å². The van der Waals surface area contributed by atoms with Crippen molar-refractivity contribution in [1.82, 2.24) is 0 Å². The lowest BCUT2D eigenvalue weighted by atomic mass is 9.87. The molecule has 2 unspecified atom stereocenters. The molecule has 2 atom stereocenters. The van der Waals surface area contributed by atoms with Crippen molar-refractivity contribution in [3.63, 3.8) is 0 Å². The molecule has 0 heteroatoms. The first kappa shape index (κ1) is 5.76. The first-order valence-corrected chi connectivity index (χ1v) is 4.24. The first-order valence-electron chi connectivity index (χ1n) is 4.24. The minimum absolute atomic E-state index is 1.05. The van der Waals surface area contributed by atoms with E-state index in [0.717, 1.165) is 11.8 Å². The van der Waals surface area contributed by atoms with Crippen molar-refractivity contribution in [2.45, 2.75) is 39.0 Å². The van der Waals surface area contributed by atoms with E-state index in [4.69, 9.17) is 0 Å². The molecule has 0 N–H and O–H groups in total. The largest absolute Gasteiger partial charge is 0.0651 e. The molecule has 0 aromatic carbocycles. The highest BCUT2D eigenvalue weighted by molar-refractivity contribution is 5.09. The smallest absolute Gasteiger partial charge is 0.0207 e. The summed E-state index contributed by atoms with van der Waals surface area (Å²) < 4.78 is 0. The summed E-state index contributed by atoms with van der Waals surface area (Å²) in [5, 5.41) is 0. The maximum atomic E-state index is 2.33. The monoisotopic (exact) mass is 123 g/mol. The summed E-state index contributed by atoms with van der Waals surface area (Å²) in [5.41, 5.74) is 0. The molecule has 0 saturated heterocycles. The topological polar surface area (TPSA) is 0 Å². The predicted octanol–water partition coefficient (Wildman–Crippen LogP) is 2.79. The van der Waals surface area contributed by atoms with Gasteiger partial charge < -0.3 is 0 Å². The molecule has 0 aromatic rings. The van der Waals surface area contributed by atoms with Gasteiger partial charge in [-0.15, -0.1) is 0 Å². The molecule has 2 aliphatic carbocycles. The SMILES string of the molecule is CCC1CC2CC[C]1C2. The minimum Gasteiger partial charge on any atom is -0.0651 e. The van der Waals surface area contributed by atoms with E-state index in [2.05, 4.69) is 6.92 Å². The van der Waals surface area contributed by atoms with Gasteiger partial charge >= 0.3 is 0 Å². The Morgan fingerprint density at radius 2 is 2.44 bits per heavy atom. The Morgan fingerprint density at radius 1 is 1.56 bits per heavy atom. The molecule has 0 aliphatic heterocycles. The zero-order valence-electron chi connectivity index (χ0n) is 6.19. The van der Waals surface area contributed by atoms with Gasteiger partial charge in [0.1, 0.15) is 0 Å². The molecule has 0 spiro atoms. The molecule has 0 amide bonds. The fourth-order valence-electron chi connectivity index (χ4n) is 2.56. The number of rotatable bonds is 1. The van der Waals surface area contributed by atoms with Crippen LogP contribution in [0, 0.1) is 17.8 Å². The van der Waals surface area contributed by atoms with Gasteiger partial charge in [0, 0.05) is 0 Å². The molecule has 2 rings (SSSR count). The average molecular weight is 123 g/mol. The van der Waals surface area contributed by atoms with Crippen LogP contribution in [0.3, 0.4) is 0 Å². The van der Waals surface area contributed by atoms with Gasteiger partial charge in [-0.3, -0.25) is 0 Å². The Morgan fingerprint density at radius 3 is 2.78 bits per heavy atom. The third-order valence-electron chi connectivity index (χ3n) is 3.11. The second kappa shape index (κ2) is 2.00. The van der Waals surface area contributed by atoms with Crippen molar-refractivity contribution in [2.24, 2.45) is 11.8 Å². The zero-order chi connectivity index (χ0) is 6.27. The van der Waals surface area contributed by atoms with E-state index in [9.17, 15) is 0 Å². The molecule has 0 nitrogen and oxygen atoms in total. The molecule has 0 aromatic heterocycles. The lowest BCUT2D eigenvalue weighted by Crippen LogP contribution is -2.06. The van der Waals surface area contributed by atoms with Crippen LogP contribution in [0.25, 0.3) is 0 Å². The number of hydrogen-bond donors (Lipinski definition) is 0. The van der Waals surface area contributed by atoms with Crippen molar-refractivity contribution >= 4 is 0 Å². The Labute approximate surface area is 57.6 Å². The van der Waals surface area contributed by atoms with Crippen LogP contribution in [0.15, 0.2) is 0 Å². The van der Waals surface area contributed by atoms with Crippen LogP contribution < -0.4 is 0 Å². The van der Waals surface area contributed by atoms with Gasteiger partial charge in [-0.2, -0.15) is 0 Å². The van der Waals surface area contributed by atoms with Gasteiger partial charge in [-0.1, -0.05) is 13.3 Å². The minimum atomic E-state index is 1.05. The molecule has 2 fully saturated rings. The van der Waals surface area contributed by atoms with E-state index >= 15 is 0 Å². The highest BCUT2D eigenvalue weighted by Gasteiger charge is 2.38. The van der Waals surface area contributed by atoms with E-state index in [0.29, 0.717) is 0 Å². The van der Waals surface area contributed by atoms with E-state index in [-0.39, 0.29) is 0 Å². The van der Waals surface area contributed by atoms with E-state index in [1.54, 1.807) is 0 Å². The standard InChI is InChI=1S/C9H15/c1-2-8-5-7-3-4-9(8)6-7/h7-8H,2-6H2,1H3. The summed E-state index contributed by atoms with van der Waals surface area (Å²) in [6, 6.07) is 0. The van der Waals surface area contributed by atoms with Gasteiger partial charge in [-0.25, -0.2) is 0 Å². The fourth-order valence-corrected chi connectivity index (χ4v) is 2.56. The van der Waals surface area contributed by atoms with Crippen LogP contribution in [0.5, 0.6) is 0 Å². The van der Waals surface area contributed by atoms with Crippen molar-refractivity contribution < 1.29 is 0 Å². The lowest BCUT2D eigenvalue weighted by Gasteiger charge is -2.18. The van der Waals surface area contributed by atoms with Crippen molar-refractivity contribution in [2.75, 3.05) is 0 Å². The summed E-state index contributed by atoms with van der Waals surface area (Å²) >= 11 is 0. The molecular weight excluding hydrogens is 108 g/mol. The molecule has 51 valence electrons. The summed E-state index contributed by atoms with van der Waals surface area (Å²) in [5.74, 6) is 4.07. The highest BCUT2D eigenvalue weighted by Crippen LogP contribution is 2.50. The average Bonchev–Trinajstić information content (AvgIpc) is 2.45. The van der Waals surface area contributed by atoms with Crippen molar-refractivity contribution in [3.8, 4) is 0 Å². The van der Waals surface area contributed by atoms with Gasteiger partial charge in [0.15, 0.2) is 0 Å². The van der Waals surface area contributed by atoms with Crippen LogP contribution in [0.1, 0.15) is 39.0 Å². The summed E-state index contributed by atoms with van der Waals surface area (Å²) in [6.07, 6.45) is 7.44. The fraction of sp³-hybridized carbons (Fsp3) is 0.889. The lowest BCUT2D eigenvalue weighted by molar-refractivity contribution is 0.417. The maximum absolute atomic E-state index is 2.33. The molecular formula is C9H15. The summed E-state index contributed by atoms with van der Waals surface area (Å²) in [6.45, 7) is 2.33. The van der Waals surface area contributed by atoms with E-state index in [1.807, 2.05) is 5.92 Å². The Kier molecular flexibility index (Phi) is 1.28. The van der Waals surface area contributed by atoms with Crippen molar-refractivity contribution in [1.29, 1.82) is 0 Å². The second-order valence-electron chi connectivity index (χ2n) is 3.61.